The molecule has 13 rings (SSSR count). The van der Waals surface area contributed by atoms with Gasteiger partial charge in [0.25, 0.3) is 0 Å². The summed E-state index contributed by atoms with van der Waals surface area (Å²) in [5, 5.41) is 13.1. The number of fused-ring (bicyclic) bond motifs is 12. The van der Waals surface area contributed by atoms with Crippen molar-refractivity contribution >= 4 is 95.3 Å². The molecule has 0 radical (unpaired) electrons. The van der Waals surface area contributed by atoms with E-state index < -0.39 is 0 Å². The maximum absolute atomic E-state index is 2.50. The van der Waals surface area contributed by atoms with Gasteiger partial charge in [0.15, 0.2) is 0 Å². The van der Waals surface area contributed by atoms with E-state index in [-0.39, 0.29) is 5.41 Å². The highest BCUT2D eigenvalue weighted by Gasteiger charge is 2.36. The van der Waals surface area contributed by atoms with Crippen molar-refractivity contribution in [2.45, 2.75) is 19.3 Å². The first-order valence-corrected chi connectivity index (χ1v) is 22.1. The van der Waals surface area contributed by atoms with Crippen LogP contribution in [0.1, 0.15) is 25.0 Å². The highest BCUT2D eigenvalue weighted by molar-refractivity contribution is 7.28. The third kappa shape index (κ3) is 4.76. The van der Waals surface area contributed by atoms with Gasteiger partial charge in [0.05, 0.1) is 0 Å². The summed E-state index contributed by atoms with van der Waals surface area (Å²) in [5.41, 5.74) is 13.0. The lowest BCUT2D eigenvalue weighted by Crippen LogP contribution is -2.15. The van der Waals surface area contributed by atoms with Gasteiger partial charge in [-0.15, -0.1) is 22.7 Å². The van der Waals surface area contributed by atoms with Crippen LogP contribution in [0.2, 0.25) is 0 Å². The Morgan fingerprint density at radius 3 is 1.63 bits per heavy atom. The Hall–Kier alpha value is -6.58. The van der Waals surface area contributed by atoms with E-state index in [1.54, 1.807) is 0 Å². The predicted octanol–water partition coefficient (Wildman–Crippen LogP) is 17.2. The summed E-state index contributed by atoms with van der Waals surface area (Å²) in [5.74, 6) is 0. The fourth-order valence-electron chi connectivity index (χ4n) is 10.4. The van der Waals surface area contributed by atoms with Crippen molar-refractivity contribution in [2.75, 3.05) is 0 Å². The second kappa shape index (κ2) is 12.2. The smallest absolute Gasteiger partial charge is 0.0369 e. The molecule has 0 aliphatic heterocycles. The number of hydrogen-bond acceptors (Lipinski definition) is 2. The predicted molar refractivity (Wildman–Crippen MR) is 259 cm³/mol. The highest BCUT2D eigenvalue weighted by atomic mass is 32.1. The molecular weight excluding hydrogens is 749 g/mol. The quantitative estimate of drug-likeness (QED) is 0.157. The van der Waals surface area contributed by atoms with Gasteiger partial charge in [-0.2, -0.15) is 0 Å². The molecule has 1 aliphatic rings. The topological polar surface area (TPSA) is 0 Å². The van der Waals surface area contributed by atoms with Gasteiger partial charge in [0, 0.05) is 45.8 Å². The van der Waals surface area contributed by atoms with Crippen molar-refractivity contribution in [3.63, 3.8) is 0 Å². The lowest BCUT2D eigenvalue weighted by Gasteiger charge is -2.23. The zero-order chi connectivity index (χ0) is 39.0. The number of rotatable bonds is 3. The van der Waals surface area contributed by atoms with E-state index in [0.717, 1.165) is 0 Å². The van der Waals surface area contributed by atoms with Crippen LogP contribution in [0.5, 0.6) is 0 Å². The molecular formula is C57H36S2. The molecule has 2 aromatic heterocycles. The summed E-state index contributed by atoms with van der Waals surface area (Å²) in [4.78, 5) is 0. The van der Waals surface area contributed by atoms with E-state index in [2.05, 4.69) is 196 Å². The molecule has 59 heavy (non-hydrogen) atoms. The van der Waals surface area contributed by atoms with Crippen LogP contribution in [0.4, 0.5) is 0 Å². The fraction of sp³-hybridized carbons (Fsp3) is 0.0526. The molecule has 0 nitrogen and oxygen atoms in total. The van der Waals surface area contributed by atoms with Crippen LogP contribution < -0.4 is 0 Å². The lowest BCUT2D eigenvalue weighted by molar-refractivity contribution is 0.660. The molecule has 12 aromatic rings. The molecule has 0 fully saturated rings. The second-order valence-corrected chi connectivity index (χ2v) is 18.9. The Morgan fingerprint density at radius 1 is 0.305 bits per heavy atom. The van der Waals surface area contributed by atoms with Gasteiger partial charge in [0.1, 0.15) is 0 Å². The van der Waals surface area contributed by atoms with Gasteiger partial charge in [0.2, 0.25) is 0 Å². The summed E-state index contributed by atoms with van der Waals surface area (Å²) in [7, 11) is 0. The first-order valence-electron chi connectivity index (χ1n) is 20.5. The highest BCUT2D eigenvalue weighted by Crippen LogP contribution is 2.53. The van der Waals surface area contributed by atoms with E-state index >= 15 is 0 Å². The normalized spacial score (nSPS) is 13.4. The molecule has 0 N–H and O–H groups in total. The molecule has 2 heterocycles. The van der Waals surface area contributed by atoms with Crippen molar-refractivity contribution in [3.8, 4) is 44.5 Å². The number of benzene rings is 10. The Labute approximate surface area is 350 Å². The van der Waals surface area contributed by atoms with Crippen LogP contribution in [0.15, 0.2) is 182 Å². The van der Waals surface area contributed by atoms with Gasteiger partial charge < -0.3 is 0 Å². The van der Waals surface area contributed by atoms with Crippen LogP contribution in [-0.2, 0) is 5.41 Å². The monoisotopic (exact) mass is 784 g/mol. The molecule has 0 saturated carbocycles. The molecule has 0 atom stereocenters. The van der Waals surface area contributed by atoms with Crippen molar-refractivity contribution in [1.29, 1.82) is 0 Å². The first kappa shape index (κ1) is 33.4. The zero-order valence-corrected chi connectivity index (χ0v) is 34.3. The second-order valence-electron chi connectivity index (χ2n) is 16.8. The average molecular weight is 785 g/mol. The molecule has 0 amide bonds. The van der Waals surface area contributed by atoms with Gasteiger partial charge in [-0.3, -0.25) is 0 Å². The van der Waals surface area contributed by atoms with Crippen molar-refractivity contribution in [1.82, 2.24) is 0 Å². The average Bonchev–Trinajstić information content (AvgIpc) is 3.90. The van der Waals surface area contributed by atoms with Gasteiger partial charge in [-0.05, 0) is 124 Å². The van der Waals surface area contributed by atoms with Crippen LogP contribution in [0.3, 0.4) is 0 Å². The standard InChI is InChI=1S/C57H36S2/c1-57(2)49-27-24-34(35-22-26-40-48-31-47-39-15-9-10-21-51(39)58-53(47)32-54(48)59-52(40)30-35)28-46(49)38-25-23-36(29-50(38)57)55-42-16-5-7-18-44(42)56(45-19-8-6-17-43(45)55)41-20-11-13-33-12-3-4-14-37(33)41/h3-32H,1-2H3. The summed E-state index contributed by atoms with van der Waals surface area (Å²) < 4.78 is 5.43. The fourth-order valence-corrected chi connectivity index (χ4v) is 12.8. The molecule has 2 heteroatoms. The van der Waals surface area contributed by atoms with Gasteiger partial charge in [-0.1, -0.05) is 159 Å². The van der Waals surface area contributed by atoms with E-state index in [1.807, 2.05) is 22.7 Å². The number of thiophene rings is 2. The third-order valence-corrected chi connectivity index (χ3v) is 15.5. The maximum atomic E-state index is 2.50. The maximum Gasteiger partial charge on any atom is 0.0369 e. The van der Waals surface area contributed by atoms with E-state index in [9.17, 15) is 0 Å². The molecule has 10 aromatic carbocycles. The molecule has 1 aliphatic carbocycles. The van der Waals surface area contributed by atoms with Crippen molar-refractivity contribution in [3.05, 3.63) is 193 Å². The molecule has 0 spiro atoms. The van der Waals surface area contributed by atoms with Crippen LogP contribution in [0, 0.1) is 0 Å². The SMILES string of the molecule is CC1(C)c2ccc(-c3ccc4c(c3)sc3cc5sc6ccccc6c5cc34)cc2-c2ccc(-c3c4ccccc4c(-c4cccc5ccccc45)c4ccccc34)cc21. The zero-order valence-electron chi connectivity index (χ0n) is 32.6. The summed E-state index contributed by atoms with van der Waals surface area (Å²) >= 11 is 3.81. The Kier molecular flexibility index (Phi) is 6.92. The van der Waals surface area contributed by atoms with E-state index in [4.69, 9.17) is 0 Å². The largest absolute Gasteiger partial charge is 0.135 e. The minimum Gasteiger partial charge on any atom is -0.135 e. The van der Waals surface area contributed by atoms with E-state index in [0.29, 0.717) is 0 Å². The minimum atomic E-state index is -0.139. The van der Waals surface area contributed by atoms with Crippen LogP contribution >= 0.6 is 22.7 Å². The van der Waals surface area contributed by atoms with E-state index in [1.165, 1.54) is 128 Å². The Balaban J connectivity index is 0.944. The lowest BCUT2D eigenvalue weighted by atomic mass is 9.80. The molecule has 0 saturated heterocycles. The molecule has 276 valence electrons. The van der Waals surface area contributed by atoms with Crippen LogP contribution in [-0.4, -0.2) is 0 Å². The summed E-state index contributed by atoms with van der Waals surface area (Å²) in [6.07, 6.45) is 0. The Bertz CT molecular complexity index is 3700. The van der Waals surface area contributed by atoms with Crippen molar-refractivity contribution in [2.24, 2.45) is 0 Å². The van der Waals surface area contributed by atoms with Gasteiger partial charge >= 0.3 is 0 Å². The third-order valence-electron chi connectivity index (χ3n) is 13.3. The summed E-state index contributed by atoms with van der Waals surface area (Å²) in [6.45, 7) is 4.80. The van der Waals surface area contributed by atoms with Crippen LogP contribution in [0.25, 0.3) is 117 Å². The molecule has 0 bridgehead atoms. The first-order chi connectivity index (χ1) is 29.0. The Morgan fingerprint density at radius 2 is 0.864 bits per heavy atom. The van der Waals surface area contributed by atoms with Gasteiger partial charge in [-0.25, -0.2) is 0 Å². The van der Waals surface area contributed by atoms with Crippen molar-refractivity contribution < 1.29 is 0 Å². The minimum absolute atomic E-state index is 0.139. The summed E-state index contributed by atoms with van der Waals surface area (Å²) in [6, 6.07) is 68.7. The molecule has 0 unspecified atom stereocenters. The number of hydrogen-bond donors (Lipinski definition) is 0.